The quantitative estimate of drug-likeness (QED) is 0.195. The Bertz CT molecular complexity index is 2470. The third-order valence-corrected chi connectivity index (χ3v) is 10.00. The summed E-state index contributed by atoms with van der Waals surface area (Å²) < 4.78 is 2.66. The zero-order chi connectivity index (χ0) is 28.3. The van der Waals surface area contributed by atoms with Crippen LogP contribution in [0.2, 0.25) is 0 Å². The summed E-state index contributed by atoms with van der Waals surface area (Å²) in [4.78, 5) is 5.01. The van der Waals surface area contributed by atoms with Crippen LogP contribution in [0.1, 0.15) is 0 Å². The van der Waals surface area contributed by atoms with Gasteiger partial charge in [0.15, 0.2) is 0 Å². The van der Waals surface area contributed by atoms with Gasteiger partial charge in [-0.25, -0.2) is 0 Å². The van der Waals surface area contributed by atoms with Crippen LogP contribution in [0.25, 0.3) is 86.0 Å². The van der Waals surface area contributed by atoms with Crippen LogP contribution in [0.3, 0.4) is 0 Å². The van der Waals surface area contributed by atoms with Gasteiger partial charge in [-0.3, -0.25) is 4.98 Å². The summed E-state index contributed by atoms with van der Waals surface area (Å²) in [6, 6.07) is 52.6. The molecule has 0 unspecified atom stereocenters. The fourth-order valence-electron chi connectivity index (χ4n) is 6.70. The second-order valence-electron chi connectivity index (χ2n) is 11.1. The summed E-state index contributed by atoms with van der Waals surface area (Å²) in [5.74, 6) is 0. The molecule has 0 N–H and O–H groups in total. The van der Waals surface area contributed by atoms with Crippen LogP contribution in [-0.4, -0.2) is 4.98 Å². The van der Waals surface area contributed by atoms with Gasteiger partial charge >= 0.3 is 0 Å². The lowest BCUT2D eigenvalue weighted by Gasteiger charge is -2.12. The molecule has 0 amide bonds. The molecule has 9 aromatic rings. The molecule has 0 saturated carbocycles. The SMILES string of the molecule is c1ccc(-c2cccc3c2sc2c(-c4cccc(-c5cc6c7ccccc7c7ccccc7c6cn5)c4)cccc23)cc1. The summed E-state index contributed by atoms with van der Waals surface area (Å²) in [5, 5.41) is 10.1. The van der Waals surface area contributed by atoms with E-state index in [-0.39, 0.29) is 0 Å². The highest BCUT2D eigenvalue weighted by Gasteiger charge is 2.15. The van der Waals surface area contributed by atoms with E-state index in [1.165, 1.54) is 74.7 Å². The van der Waals surface area contributed by atoms with Gasteiger partial charge in [-0.05, 0) is 61.3 Å². The van der Waals surface area contributed by atoms with Gasteiger partial charge in [0.1, 0.15) is 0 Å². The van der Waals surface area contributed by atoms with Crippen molar-refractivity contribution >= 4 is 63.8 Å². The van der Waals surface area contributed by atoms with Gasteiger partial charge in [0.25, 0.3) is 0 Å². The first-order valence-corrected chi connectivity index (χ1v) is 15.4. The van der Waals surface area contributed by atoms with Crippen LogP contribution in [0, 0.1) is 0 Å². The molecule has 0 bridgehead atoms. The Hall–Kier alpha value is -5.31. The molecule has 2 heterocycles. The topological polar surface area (TPSA) is 12.9 Å². The number of fused-ring (bicyclic) bond motifs is 9. The zero-order valence-corrected chi connectivity index (χ0v) is 24.1. The van der Waals surface area contributed by atoms with Crippen molar-refractivity contribution in [1.82, 2.24) is 4.98 Å². The minimum atomic E-state index is 0.990. The smallest absolute Gasteiger partial charge is 0.0708 e. The van der Waals surface area contributed by atoms with Gasteiger partial charge < -0.3 is 0 Å². The lowest BCUT2D eigenvalue weighted by Crippen LogP contribution is -1.88. The van der Waals surface area contributed by atoms with E-state index >= 15 is 0 Å². The fourth-order valence-corrected chi connectivity index (χ4v) is 8.07. The lowest BCUT2D eigenvalue weighted by atomic mass is 9.94. The predicted octanol–water partition coefficient (Wildman–Crippen LogP) is 11.9. The molecule has 0 aliphatic heterocycles. The molecule has 200 valence electrons. The van der Waals surface area contributed by atoms with Crippen molar-refractivity contribution in [3.05, 3.63) is 152 Å². The van der Waals surface area contributed by atoms with Crippen LogP contribution in [-0.2, 0) is 0 Å². The van der Waals surface area contributed by atoms with Gasteiger partial charge in [0.05, 0.1) is 5.69 Å². The van der Waals surface area contributed by atoms with E-state index < -0.39 is 0 Å². The summed E-state index contributed by atoms with van der Waals surface area (Å²) >= 11 is 1.90. The van der Waals surface area contributed by atoms with Gasteiger partial charge in [-0.1, -0.05) is 133 Å². The lowest BCUT2D eigenvalue weighted by molar-refractivity contribution is 1.36. The molecule has 0 fully saturated rings. The Morgan fingerprint density at radius 1 is 0.349 bits per heavy atom. The van der Waals surface area contributed by atoms with Crippen molar-refractivity contribution in [1.29, 1.82) is 0 Å². The molecule has 0 atom stereocenters. The molecule has 2 heteroatoms. The molecule has 0 spiro atoms. The van der Waals surface area contributed by atoms with Crippen molar-refractivity contribution in [2.24, 2.45) is 0 Å². The summed E-state index contributed by atoms with van der Waals surface area (Å²) in [5.41, 5.74) is 7.13. The zero-order valence-electron chi connectivity index (χ0n) is 23.3. The number of hydrogen-bond acceptors (Lipinski definition) is 2. The molecule has 0 aliphatic rings. The standard InChI is InChI=1S/C41H25NS/c1-2-11-26(12-3-1)29-19-9-21-35-36-22-10-20-30(41(36)43-40(29)35)27-13-8-14-28(23-27)39-24-37-33-17-6-4-15-31(33)32-16-5-7-18-34(32)38(37)25-42-39/h1-25H. The van der Waals surface area contributed by atoms with Crippen molar-refractivity contribution in [3.63, 3.8) is 0 Å². The second-order valence-corrected chi connectivity index (χ2v) is 12.1. The van der Waals surface area contributed by atoms with Gasteiger partial charge in [0, 0.05) is 37.3 Å². The maximum Gasteiger partial charge on any atom is 0.0708 e. The first kappa shape index (κ1) is 24.3. The highest BCUT2D eigenvalue weighted by Crippen LogP contribution is 2.44. The molecule has 7 aromatic carbocycles. The van der Waals surface area contributed by atoms with Crippen LogP contribution >= 0.6 is 11.3 Å². The second kappa shape index (κ2) is 9.62. The Morgan fingerprint density at radius 3 is 1.51 bits per heavy atom. The average molecular weight is 564 g/mol. The van der Waals surface area contributed by atoms with Crippen LogP contribution in [0.15, 0.2) is 152 Å². The monoisotopic (exact) mass is 563 g/mol. The Kier molecular flexibility index (Phi) is 5.44. The minimum absolute atomic E-state index is 0.990. The molecule has 1 nitrogen and oxygen atoms in total. The molecule has 0 radical (unpaired) electrons. The van der Waals surface area contributed by atoms with Gasteiger partial charge in [0.2, 0.25) is 0 Å². The van der Waals surface area contributed by atoms with Crippen LogP contribution in [0.5, 0.6) is 0 Å². The van der Waals surface area contributed by atoms with Crippen molar-refractivity contribution in [3.8, 4) is 33.5 Å². The Balaban J connectivity index is 1.22. The average Bonchev–Trinajstić information content (AvgIpc) is 3.48. The maximum absolute atomic E-state index is 5.01. The molecule has 9 rings (SSSR count). The minimum Gasteiger partial charge on any atom is -0.256 e. The molecular formula is C41H25NS. The summed E-state index contributed by atoms with van der Waals surface area (Å²) in [7, 11) is 0. The fraction of sp³-hybridized carbons (Fsp3) is 0. The predicted molar refractivity (Wildman–Crippen MR) is 186 cm³/mol. The highest BCUT2D eigenvalue weighted by atomic mass is 32.1. The number of rotatable bonds is 3. The number of aromatic nitrogens is 1. The molecular weight excluding hydrogens is 539 g/mol. The van der Waals surface area contributed by atoms with Crippen molar-refractivity contribution in [2.45, 2.75) is 0 Å². The molecule has 2 aromatic heterocycles. The van der Waals surface area contributed by atoms with E-state index in [4.69, 9.17) is 4.98 Å². The highest BCUT2D eigenvalue weighted by molar-refractivity contribution is 7.26. The Labute approximate surface area is 253 Å². The number of benzene rings is 7. The number of nitrogens with zero attached hydrogens (tertiary/aromatic N) is 1. The van der Waals surface area contributed by atoms with E-state index in [1.807, 2.05) is 11.3 Å². The summed E-state index contributed by atoms with van der Waals surface area (Å²) in [6.45, 7) is 0. The van der Waals surface area contributed by atoms with E-state index in [1.54, 1.807) is 0 Å². The van der Waals surface area contributed by atoms with Gasteiger partial charge in [-0.15, -0.1) is 11.3 Å². The number of hydrogen-bond donors (Lipinski definition) is 0. The van der Waals surface area contributed by atoms with E-state index in [0.29, 0.717) is 0 Å². The van der Waals surface area contributed by atoms with Gasteiger partial charge in [-0.2, -0.15) is 0 Å². The largest absolute Gasteiger partial charge is 0.256 e. The number of thiophene rings is 1. The third-order valence-electron chi connectivity index (χ3n) is 8.71. The van der Waals surface area contributed by atoms with Crippen molar-refractivity contribution in [2.75, 3.05) is 0 Å². The van der Waals surface area contributed by atoms with Crippen molar-refractivity contribution < 1.29 is 0 Å². The molecule has 43 heavy (non-hydrogen) atoms. The third kappa shape index (κ3) is 3.81. The summed E-state index contributed by atoms with van der Waals surface area (Å²) in [6.07, 6.45) is 2.06. The van der Waals surface area contributed by atoms with E-state index in [9.17, 15) is 0 Å². The molecule has 0 saturated heterocycles. The first-order valence-electron chi connectivity index (χ1n) is 14.6. The van der Waals surface area contributed by atoms with E-state index in [0.717, 1.165) is 11.3 Å². The first-order chi connectivity index (χ1) is 21.3. The molecule has 0 aliphatic carbocycles. The maximum atomic E-state index is 5.01. The normalized spacial score (nSPS) is 11.7. The van der Waals surface area contributed by atoms with Crippen LogP contribution < -0.4 is 0 Å². The van der Waals surface area contributed by atoms with E-state index in [2.05, 4.69) is 152 Å². The van der Waals surface area contributed by atoms with Crippen LogP contribution in [0.4, 0.5) is 0 Å². The Morgan fingerprint density at radius 2 is 0.837 bits per heavy atom. The number of pyridine rings is 1.